The highest BCUT2D eigenvalue weighted by Gasteiger charge is 2.20. The SMILES string of the molecule is FC1CCC(c2cccc(Br)c2)NC1. The molecule has 2 unspecified atom stereocenters. The topological polar surface area (TPSA) is 12.0 Å². The van der Waals surface area contributed by atoms with Crippen molar-refractivity contribution in [3.8, 4) is 0 Å². The number of rotatable bonds is 1. The minimum absolute atomic E-state index is 0.319. The Hall–Kier alpha value is -0.410. The van der Waals surface area contributed by atoms with Crippen molar-refractivity contribution in [2.45, 2.75) is 25.1 Å². The van der Waals surface area contributed by atoms with Crippen molar-refractivity contribution in [1.29, 1.82) is 0 Å². The average Bonchev–Trinajstić information content (AvgIpc) is 2.19. The third-order valence-electron chi connectivity index (χ3n) is 2.61. The van der Waals surface area contributed by atoms with Gasteiger partial charge in [0, 0.05) is 17.1 Å². The minimum Gasteiger partial charge on any atom is -0.307 e. The predicted octanol–water partition coefficient (Wildman–Crippen LogP) is 3.21. The Balaban J connectivity index is 2.08. The normalized spacial score (nSPS) is 27.6. The summed E-state index contributed by atoms with van der Waals surface area (Å²) in [6, 6.07) is 8.52. The first-order valence-corrected chi connectivity index (χ1v) is 5.68. The van der Waals surface area contributed by atoms with Gasteiger partial charge < -0.3 is 5.32 Å². The Morgan fingerprint density at radius 3 is 2.86 bits per heavy atom. The maximum absolute atomic E-state index is 12.9. The van der Waals surface area contributed by atoms with Gasteiger partial charge in [0.25, 0.3) is 0 Å². The number of benzene rings is 1. The number of piperidine rings is 1. The van der Waals surface area contributed by atoms with Crippen molar-refractivity contribution in [1.82, 2.24) is 5.32 Å². The molecule has 1 aliphatic rings. The van der Waals surface area contributed by atoms with Crippen LogP contribution in [-0.2, 0) is 0 Å². The summed E-state index contributed by atoms with van der Waals surface area (Å²) in [6.45, 7) is 0.483. The summed E-state index contributed by atoms with van der Waals surface area (Å²) in [5.74, 6) is 0. The van der Waals surface area contributed by atoms with Gasteiger partial charge in [-0.05, 0) is 30.5 Å². The summed E-state index contributed by atoms with van der Waals surface area (Å²) in [5.41, 5.74) is 1.24. The van der Waals surface area contributed by atoms with E-state index in [1.54, 1.807) is 0 Å². The van der Waals surface area contributed by atoms with Gasteiger partial charge >= 0.3 is 0 Å². The fraction of sp³-hybridized carbons (Fsp3) is 0.455. The van der Waals surface area contributed by atoms with Crippen LogP contribution in [-0.4, -0.2) is 12.7 Å². The van der Waals surface area contributed by atoms with Crippen molar-refractivity contribution >= 4 is 15.9 Å². The first-order valence-electron chi connectivity index (χ1n) is 4.88. The molecule has 0 aliphatic carbocycles. The number of halogens is 2. The molecule has 1 nitrogen and oxygen atoms in total. The van der Waals surface area contributed by atoms with Gasteiger partial charge in [-0.15, -0.1) is 0 Å². The summed E-state index contributed by atoms with van der Waals surface area (Å²) < 4.78 is 14.0. The smallest absolute Gasteiger partial charge is 0.113 e. The predicted molar refractivity (Wildman–Crippen MR) is 59.0 cm³/mol. The first-order chi connectivity index (χ1) is 6.75. The van der Waals surface area contributed by atoms with Crippen LogP contribution in [0.25, 0.3) is 0 Å². The number of hydrogen-bond donors (Lipinski definition) is 1. The maximum atomic E-state index is 12.9. The number of hydrogen-bond acceptors (Lipinski definition) is 1. The van der Waals surface area contributed by atoms with E-state index >= 15 is 0 Å². The molecule has 1 aromatic carbocycles. The van der Waals surface area contributed by atoms with Gasteiger partial charge in [-0.25, -0.2) is 4.39 Å². The third-order valence-corrected chi connectivity index (χ3v) is 3.10. The zero-order valence-electron chi connectivity index (χ0n) is 7.84. The van der Waals surface area contributed by atoms with Gasteiger partial charge in [0.05, 0.1) is 0 Å². The van der Waals surface area contributed by atoms with Crippen LogP contribution in [0.4, 0.5) is 4.39 Å². The van der Waals surface area contributed by atoms with Crippen LogP contribution in [0.2, 0.25) is 0 Å². The van der Waals surface area contributed by atoms with Crippen LogP contribution in [0.15, 0.2) is 28.7 Å². The molecule has 1 heterocycles. The van der Waals surface area contributed by atoms with Crippen LogP contribution >= 0.6 is 15.9 Å². The van der Waals surface area contributed by atoms with Crippen LogP contribution in [0.5, 0.6) is 0 Å². The van der Waals surface area contributed by atoms with Gasteiger partial charge in [-0.3, -0.25) is 0 Å². The first kappa shape index (κ1) is 10.1. The van der Waals surface area contributed by atoms with Crippen molar-refractivity contribution in [2.24, 2.45) is 0 Å². The molecule has 1 aliphatic heterocycles. The zero-order valence-corrected chi connectivity index (χ0v) is 9.43. The molecule has 2 atom stereocenters. The largest absolute Gasteiger partial charge is 0.307 e. The van der Waals surface area contributed by atoms with Crippen molar-refractivity contribution < 1.29 is 4.39 Å². The Bertz CT molecular complexity index is 308. The molecule has 0 saturated carbocycles. The summed E-state index contributed by atoms with van der Waals surface area (Å²) >= 11 is 3.44. The van der Waals surface area contributed by atoms with E-state index in [9.17, 15) is 4.39 Å². The Morgan fingerprint density at radius 1 is 1.36 bits per heavy atom. The lowest BCUT2D eigenvalue weighted by atomic mass is 9.97. The van der Waals surface area contributed by atoms with E-state index in [1.165, 1.54) is 5.56 Å². The van der Waals surface area contributed by atoms with Gasteiger partial charge in [0.15, 0.2) is 0 Å². The molecule has 0 radical (unpaired) electrons. The molecule has 1 N–H and O–H groups in total. The zero-order chi connectivity index (χ0) is 9.97. The highest BCUT2D eigenvalue weighted by Crippen LogP contribution is 2.25. The Kier molecular flexibility index (Phi) is 3.19. The summed E-state index contributed by atoms with van der Waals surface area (Å²) in [7, 11) is 0. The molecular formula is C11H13BrFN. The molecular weight excluding hydrogens is 245 g/mol. The molecule has 0 amide bonds. The van der Waals surface area contributed by atoms with Gasteiger partial charge in [-0.2, -0.15) is 0 Å². The van der Waals surface area contributed by atoms with E-state index < -0.39 is 6.17 Å². The van der Waals surface area contributed by atoms with E-state index in [1.807, 2.05) is 12.1 Å². The highest BCUT2D eigenvalue weighted by atomic mass is 79.9. The third kappa shape index (κ3) is 2.34. The van der Waals surface area contributed by atoms with Crippen LogP contribution in [0.1, 0.15) is 24.4 Å². The van der Waals surface area contributed by atoms with Gasteiger partial charge in [0.1, 0.15) is 6.17 Å². The van der Waals surface area contributed by atoms with Gasteiger partial charge in [0.2, 0.25) is 0 Å². The molecule has 2 rings (SSSR count). The minimum atomic E-state index is -0.668. The molecule has 14 heavy (non-hydrogen) atoms. The van der Waals surface area contributed by atoms with Gasteiger partial charge in [-0.1, -0.05) is 28.1 Å². The molecule has 1 fully saturated rings. The second-order valence-corrected chi connectivity index (χ2v) is 4.61. The molecule has 1 saturated heterocycles. The lowest BCUT2D eigenvalue weighted by Gasteiger charge is -2.26. The molecule has 3 heteroatoms. The summed E-state index contributed by atoms with van der Waals surface area (Å²) in [6.07, 6.45) is 0.889. The molecule has 76 valence electrons. The second-order valence-electron chi connectivity index (χ2n) is 3.69. The van der Waals surface area contributed by atoms with Crippen molar-refractivity contribution in [3.05, 3.63) is 34.3 Å². The van der Waals surface area contributed by atoms with Crippen LogP contribution in [0.3, 0.4) is 0 Å². The Labute approximate surface area is 91.8 Å². The molecule has 1 aromatic rings. The summed E-state index contributed by atoms with van der Waals surface area (Å²) in [5, 5.41) is 3.22. The average molecular weight is 258 g/mol. The van der Waals surface area contributed by atoms with E-state index in [-0.39, 0.29) is 0 Å². The number of alkyl halides is 1. The fourth-order valence-corrected chi connectivity index (χ4v) is 2.25. The van der Waals surface area contributed by atoms with E-state index in [4.69, 9.17) is 0 Å². The Morgan fingerprint density at radius 2 is 2.21 bits per heavy atom. The summed E-state index contributed by atoms with van der Waals surface area (Å²) in [4.78, 5) is 0. The quantitative estimate of drug-likeness (QED) is 0.815. The van der Waals surface area contributed by atoms with Crippen LogP contribution < -0.4 is 5.32 Å². The van der Waals surface area contributed by atoms with Crippen molar-refractivity contribution in [3.63, 3.8) is 0 Å². The molecule has 0 bridgehead atoms. The molecule has 0 spiro atoms. The fourth-order valence-electron chi connectivity index (χ4n) is 1.83. The lowest BCUT2D eigenvalue weighted by Crippen LogP contribution is -2.34. The highest BCUT2D eigenvalue weighted by molar-refractivity contribution is 9.10. The lowest BCUT2D eigenvalue weighted by molar-refractivity contribution is 0.234. The van der Waals surface area contributed by atoms with E-state index in [0.717, 1.165) is 10.9 Å². The second kappa shape index (κ2) is 4.41. The standard InChI is InChI=1S/C11H13BrFN/c12-9-3-1-2-8(6-9)11-5-4-10(13)7-14-11/h1-3,6,10-11,14H,4-5,7H2. The van der Waals surface area contributed by atoms with E-state index in [2.05, 4.69) is 33.4 Å². The monoisotopic (exact) mass is 257 g/mol. The van der Waals surface area contributed by atoms with E-state index in [0.29, 0.717) is 19.0 Å². The van der Waals surface area contributed by atoms with Crippen LogP contribution in [0, 0.1) is 0 Å². The van der Waals surface area contributed by atoms with Crippen molar-refractivity contribution in [2.75, 3.05) is 6.54 Å². The number of nitrogens with one attached hydrogen (secondary N) is 1. The maximum Gasteiger partial charge on any atom is 0.113 e. The molecule has 0 aromatic heterocycles.